The predicted octanol–water partition coefficient (Wildman–Crippen LogP) is 0.915. The molecule has 1 aromatic rings. The van der Waals surface area contributed by atoms with Gasteiger partial charge in [0.15, 0.2) is 0 Å². The summed E-state index contributed by atoms with van der Waals surface area (Å²) in [5, 5.41) is 9.77. The van der Waals surface area contributed by atoms with Crippen molar-refractivity contribution in [1.29, 1.82) is 0 Å². The van der Waals surface area contributed by atoms with E-state index in [-0.39, 0.29) is 23.8 Å². The van der Waals surface area contributed by atoms with Crippen LogP contribution in [0.3, 0.4) is 0 Å². The third kappa shape index (κ3) is 3.01. The topological polar surface area (TPSA) is 83.6 Å². The smallest absolute Gasteiger partial charge is 0.315 e. The molecule has 1 aromatic carbocycles. The van der Waals surface area contributed by atoms with Crippen LogP contribution in [-0.2, 0) is 9.59 Å². The summed E-state index contributed by atoms with van der Waals surface area (Å²) in [5.41, 5.74) is 4.95. The van der Waals surface area contributed by atoms with E-state index in [0.29, 0.717) is 5.02 Å². The van der Waals surface area contributed by atoms with Crippen LogP contribution in [0.25, 0.3) is 0 Å². The van der Waals surface area contributed by atoms with Gasteiger partial charge in [-0.25, -0.2) is 0 Å². The first kappa shape index (κ1) is 14.5. The first-order valence-corrected chi connectivity index (χ1v) is 4.37. The number of carbonyl (C=O) groups excluding carboxylic acids is 2. The second-order valence-corrected chi connectivity index (χ2v) is 3.30. The van der Waals surface area contributed by atoms with E-state index < -0.39 is 11.8 Å². The van der Waals surface area contributed by atoms with Gasteiger partial charge in [0.25, 0.3) is 0 Å². The van der Waals surface area contributed by atoms with Gasteiger partial charge in [0.05, 0.1) is 5.69 Å². The summed E-state index contributed by atoms with van der Waals surface area (Å²) in [6.07, 6.45) is 0. The van der Waals surface area contributed by atoms with Gasteiger partial charge in [-0.1, -0.05) is 11.6 Å². The lowest BCUT2D eigenvalue weighted by Gasteiger charge is -2.16. The van der Waals surface area contributed by atoms with Crippen molar-refractivity contribution >= 4 is 41.5 Å². The molecular weight excluding hydrogens is 255 g/mol. The number of primary amides is 1. The van der Waals surface area contributed by atoms with Crippen LogP contribution in [0.4, 0.5) is 5.69 Å². The number of nitrogens with two attached hydrogens (primary N) is 1. The molecule has 16 heavy (non-hydrogen) atoms. The Morgan fingerprint density at radius 3 is 2.50 bits per heavy atom. The molecule has 0 aliphatic carbocycles. The number of hydrogen-bond acceptors (Lipinski definition) is 3. The summed E-state index contributed by atoms with van der Waals surface area (Å²) in [5.74, 6) is -2.18. The summed E-state index contributed by atoms with van der Waals surface area (Å²) in [6.45, 7) is 0. The van der Waals surface area contributed by atoms with Gasteiger partial charge in [-0.2, -0.15) is 0 Å². The van der Waals surface area contributed by atoms with Gasteiger partial charge in [-0.05, 0) is 18.2 Å². The van der Waals surface area contributed by atoms with Crippen molar-refractivity contribution in [3.8, 4) is 5.75 Å². The number of anilines is 1. The average molecular weight is 265 g/mol. The van der Waals surface area contributed by atoms with Crippen LogP contribution in [0, 0.1) is 0 Å². The summed E-state index contributed by atoms with van der Waals surface area (Å²) >= 11 is 5.68. The third-order valence-electron chi connectivity index (χ3n) is 1.81. The van der Waals surface area contributed by atoms with E-state index in [1.165, 1.54) is 25.2 Å². The van der Waals surface area contributed by atoms with Crippen molar-refractivity contribution < 1.29 is 14.7 Å². The van der Waals surface area contributed by atoms with Crippen LogP contribution < -0.4 is 10.6 Å². The summed E-state index contributed by atoms with van der Waals surface area (Å²) in [4.78, 5) is 22.8. The number of phenolic OH excluding ortho intramolecular Hbond substituents is 1. The lowest BCUT2D eigenvalue weighted by Crippen LogP contribution is -2.37. The second kappa shape index (κ2) is 5.58. The van der Waals surface area contributed by atoms with Crippen LogP contribution in [0.2, 0.25) is 5.02 Å². The first-order valence-electron chi connectivity index (χ1n) is 3.99. The van der Waals surface area contributed by atoms with E-state index in [1.807, 2.05) is 0 Å². The van der Waals surface area contributed by atoms with Gasteiger partial charge in [0.1, 0.15) is 5.75 Å². The molecule has 0 heterocycles. The Kier molecular flexibility index (Phi) is 5.07. The second-order valence-electron chi connectivity index (χ2n) is 2.86. The van der Waals surface area contributed by atoms with Crippen molar-refractivity contribution in [2.75, 3.05) is 11.9 Å². The molecule has 5 nitrogen and oxygen atoms in total. The van der Waals surface area contributed by atoms with E-state index in [0.717, 1.165) is 4.90 Å². The Labute approximate surface area is 103 Å². The van der Waals surface area contributed by atoms with Crippen molar-refractivity contribution in [3.63, 3.8) is 0 Å². The van der Waals surface area contributed by atoms with Crippen molar-refractivity contribution in [1.82, 2.24) is 0 Å². The minimum absolute atomic E-state index is 0. The Morgan fingerprint density at radius 2 is 2.00 bits per heavy atom. The van der Waals surface area contributed by atoms with Crippen LogP contribution in [0.1, 0.15) is 0 Å². The van der Waals surface area contributed by atoms with Crippen molar-refractivity contribution in [2.45, 2.75) is 0 Å². The maximum atomic E-state index is 11.2. The fourth-order valence-corrected chi connectivity index (χ4v) is 1.21. The van der Waals surface area contributed by atoms with Crippen LogP contribution in [0.15, 0.2) is 18.2 Å². The minimum Gasteiger partial charge on any atom is -0.506 e. The SMILES string of the molecule is CN(C(=O)C(N)=O)c1cc(Cl)ccc1O.Cl. The summed E-state index contributed by atoms with van der Waals surface area (Å²) in [7, 11) is 1.32. The van der Waals surface area contributed by atoms with E-state index in [1.54, 1.807) is 0 Å². The molecule has 0 fully saturated rings. The van der Waals surface area contributed by atoms with Crippen molar-refractivity contribution in [3.05, 3.63) is 23.2 Å². The largest absolute Gasteiger partial charge is 0.506 e. The highest BCUT2D eigenvalue weighted by atomic mass is 35.5. The molecule has 88 valence electrons. The molecule has 1 rings (SSSR count). The van der Waals surface area contributed by atoms with E-state index in [4.69, 9.17) is 17.3 Å². The fraction of sp³-hybridized carbons (Fsp3) is 0.111. The Hall–Kier alpha value is -1.46. The number of aromatic hydroxyl groups is 1. The first-order chi connectivity index (χ1) is 6.93. The lowest BCUT2D eigenvalue weighted by atomic mass is 10.2. The molecule has 0 aliphatic heterocycles. The molecule has 0 atom stereocenters. The van der Waals surface area contributed by atoms with Gasteiger partial charge in [0, 0.05) is 12.1 Å². The maximum Gasteiger partial charge on any atom is 0.315 e. The molecule has 0 aromatic heterocycles. The number of carbonyl (C=O) groups is 2. The number of likely N-dealkylation sites (N-methyl/N-ethyl adjacent to an activating group) is 1. The number of rotatable bonds is 1. The molecule has 0 spiro atoms. The number of nitrogens with zero attached hydrogens (tertiary/aromatic N) is 1. The zero-order valence-corrected chi connectivity index (χ0v) is 9.88. The lowest BCUT2D eigenvalue weighted by molar-refractivity contribution is -0.135. The van der Waals surface area contributed by atoms with Crippen LogP contribution in [0.5, 0.6) is 5.75 Å². The quantitative estimate of drug-likeness (QED) is 0.740. The molecule has 2 amide bonds. The molecule has 0 saturated carbocycles. The normalized spacial score (nSPS) is 9.12. The van der Waals surface area contributed by atoms with Crippen LogP contribution in [-0.4, -0.2) is 24.0 Å². The van der Waals surface area contributed by atoms with Crippen molar-refractivity contribution in [2.24, 2.45) is 5.73 Å². The Balaban J connectivity index is 0.00000225. The molecule has 3 N–H and O–H groups in total. The summed E-state index contributed by atoms with van der Waals surface area (Å²) < 4.78 is 0. The number of halogens is 2. The van der Waals surface area contributed by atoms with Gasteiger partial charge >= 0.3 is 11.8 Å². The highest BCUT2D eigenvalue weighted by molar-refractivity contribution is 6.40. The average Bonchev–Trinajstić information content (AvgIpc) is 2.19. The Bertz CT molecular complexity index is 423. The molecule has 0 bridgehead atoms. The third-order valence-corrected chi connectivity index (χ3v) is 2.05. The predicted molar refractivity (Wildman–Crippen MR) is 63.0 cm³/mol. The maximum absolute atomic E-state index is 11.2. The van der Waals surface area contributed by atoms with E-state index in [2.05, 4.69) is 0 Å². The summed E-state index contributed by atoms with van der Waals surface area (Å²) in [6, 6.07) is 4.14. The molecule has 0 saturated heterocycles. The van der Waals surface area contributed by atoms with E-state index in [9.17, 15) is 14.7 Å². The highest BCUT2D eigenvalue weighted by Crippen LogP contribution is 2.29. The van der Waals surface area contributed by atoms with Crippen LogP contribution >= 0.6 is 24.0 Å². The van der Waals surface area contributed by atoms with Gasteiger partial charge in [0.2, 0.25) is 0 Å². The standard InChI is InChI=1S/C9H9ClN2O3.ClH/c1-12(9(15)8(11)14)6-4-5(10)2-3-7(6)13;/h2-4,13H,1H3,(H2,11,14);1H. The monoisotopic (exact) mass is 264 g/mol. The molecular formula is C9H10Cl2N2O3. The highest BCUT2D eigenvalue weighted by Gasteiger charge is 2.19. The van der Waals surface area contributed by atoms with Gasteiger partial charge < -0.3 is 15.7 Å². The number of amides is 2. The number of benzene rings is 1. The molecule has 0 aliphatic rings. The molecule has 0 unspecified atom stereocenters. The van der Waals surface area contributed by atoms with Gasteiger partial charge in [-0.15, -0.1) is 12.4 Å². The number of hydrogen-bond donors (Lipinski definition) is 2. The van der Waals surface area contributed by atoms with E-state index >= 15 is 0 Å². The molecule has 7 heteroatoms. The fourth-order valence-electron chi connectivity index (χ4n) is 1.04. The van der Waals surface area contributed by atoms with Gasteiger partial charge in [-0.3, -0.25) is 9.59 Å². The number of phenols is 1. The molecule has 0 radical (unpaired) electrons. The Morgan fingerprint density at radius 1 is 1.44 bits per heavy atom. The zero-order valence-electron chi connectivity index (χ0n) is 8.31. The minimum atomic E-state index is -1.10. The zero-order chi connectivity index (χ0) is 11.6.